The molecule has 3 rings (SSSR count). The number of nitrogens with zero attached hydrogens (tertiary/aromatic N) is 1. The largest absolute Gasteiger partial charge is 0.445 e. The SMILES string of the molecule is CC(C)C(NC(=O)OCc1ccccc1)C(=O)NC1CCCc2scnc2CNC(=O)C1=O. The number of rotatable bonds is 6. The molecule has 0 spiro atoms. The molecule has 2 unspecified atom stereocenters. The minimum Gasteiger partial charge on any atom is -0.445 e. The molecule has 1 aliphatic heterocycles. The lowest BCUT2D eigenvalue weighted by Crippen LogP contribution is -2.55. The van der Waals surface area contributed by atoms with E-state index in [9.17, 15) is 19.2 Å². The van der Waals surface area contributed by atoms with Crippen molar-refractivity contribution >= 4 is 35.0 Å². The van der Waals surface area contributed by atoms with Gasteiger partial charge in [-0.1, -0.05) is 44.2 Å². The van der Waals surface area contributed by atoms with Gasteiger partial charge >= 0.3 is 6.09 Å². The third-order valence-electron chi connectivity index (χ3n) is 5.33. The zero-order valence-corrected chi connectivity index (χ0v) is 19.4. The highest BCUT2D eigenvalue weighted by Crippen LogP contribution is 2.18. The van der Waals surface area contributed by atoms with Gasteiger partial charge in [0.15, 0.2) is 0 Å². The highest BCUT2D eigenvalue weighted by atomic mass is 32.1. The molecule has 176 valence electrons. The van der Waals surface area contributed by atoms with E-state index in [0.717, 1.165) is 16.1 Å². The maximum Gasteiger partial charge on any atom is 0.408 e. The number of fused-ring (bicyclic) bond motifs is 1. The molecule has 0 aliphatic carbocycles. The van der Waals surface area contributed by atoms with Crippen LogP contribution in [0.2, 0.25) is 0 Å². The molecule has 1 aromatic heterocycles. The van der Waals surface area contributed by atoms with Crippen molar-refractivity contribution in [2.75, 3.05) is 0 Å². The Hall–Kier alpha value is -3.27. The van der Waals surface area contributed by atoms with Crippen LogP contribution < -0.4 is 16.0 Å². The standard InChI is InChI=1S/C23H28N4O5S/c1-14(2)19(27-23(31)32-12-15-7-4-3-5-8-15)21(29)26-16-9-6-10-18-17(25-13-33-18)11-24-22(30)20(16)28/h3-5,7-8,13-14,16,19H,6,9-12H2,1-2H3,(H,24,30)(H,26,29)(H,27,31). The van der Waals surface area contributed by atoms with E-state index in [-0.39, 0.29) is 19.1 Å². The molecular weight excluding hydrogens is 444 g/mol. The van der Waals surface area contributed by atoms with E-state index in [2.05, 4.69) is 20.9 Å². The van der Waals surface area contributed by atoms with Crippen molar-refractivity contribution in [1.82, 2.24) is 20.9 Å². The van der Waals surface area contributed by atoms with E-state index in [1.165, 1.54) is 11.3 Å². The van der Waals surface area contributed by atoms with Crippen molar-refractivity contribution in [2.45, 2.75) is 58.3 Å². The second-order valence-corrected chi connectivity index (χ2v) is 9.09. The first-order chi connectivity index (χ1) is 15.8. The van der Waals surface area contributed by atoms with E-state index in [4.69, 9.17) is 4.74 Å². The molecule has 1 aromatic carbocycles. The van der Waals surface area contributed by atoms with Crippen LogP contribution in [0.3, 0.4) is 0 Å². The van der Waals surface area contributed by atoms with Gasteiger partial charge in [0.1, 0.15) is 12.6 Å². The van der Waals surface area contributed by atoms with Crippen molar-refractivity contribution in [3.8, 4) is 0 Å². The number of ether oxygens (including phenoxy) is 1. The zero-order chi connectivity index (χ0) is 23.8. The van der Waals surface area contributed by atoms with E-state index >= 15 is 0 Å². The van der Waals surface area contributed by atoms with Gasteiger partial charge in [0.25, 0.3) is 5.91 Å². The maximum absolute atomic E-state index is 13.0. The first kappa shape index (κ1) is 24.4. The van der Waals surface area contributed by atoms with Gasteiger partial charge in [0.05, 0.1) is 23.8 Å². The van der Waals surface area contributed by atoms with Crippen LogP contribution in [0.15, 0.2) is 35.8 Å². The maximum atomic E-state index is 13.0. The summed E-state index contributed by atoms with van der Waals surface area (Å²) in [4.78, 5) is 55.5. The number of carbonyl (C=O) groups is 4. The van der Waals surface area contributed by atoms with E-state index < -0.39 is 35.8 Å². The Balaban J connectivity index is 1.61. The number of benzene rings is 1. The summed E-state index contributed by atoms with van der Waals surface area (Å²) in [7, 11) is 0. The van der Waals surface area contributed by atoms with Crippen LogP contribution in [0.25, 0.3) is 0 Å². The molecule has 33 heavy (non-hydrogen) atoms. The Morgan fingerprint density at radius 3 is 2.73 bits per heavy atom. The van der Waals surface area contributed by atoms with Crippen LogP contribution >= 0.6 is 11.3 Å². The Morgan fingerprint density at radius 1 is 1.24 bits per heavy atom. The molecule has 2 heterocycles. The fourth-order valence-electron chi connectivity index (χ4n) is 3.47. The predicted octanol–water partition coefficient (Wildman–Crippen LogP) is 2.10. The van der Waals surface area contributed by atoms with Gasteiger partial charge in [0, 0.05) is 4.88 Å². The van der Waals surface area contributed by atoms with Crippen LogP contribution in [-0.4, -0.2) is 40.8 Å². The molecule has 0 saturated carbocycles. The van der Waals surface area contributed by atoms with Gasteiger partial charge in [0.2, 0.25) is 11.7 Å². The number of nitrogens with one attached hydrogen (secondary N) is 3. The van der Waals surface area contributed by atoms with Gasteiger partial charge in [-0.15, -0.1) is 11.3 Å². The molecular formula is C23H28N4O5S. The second-order valence-electron chi connectivity index (χ2n) is 8.15. The van der Waals surface area contributed by atoms with Gasteiger partial charge in [-0.2, -0.15) is 0 Å². The number of thiazole rings is 1. The molecule has 0 bridgehead atoms. The predicted molar refractivity (Wildman–Crippen MR) is 122 cm³/mol. The van der Waals surface area contributed by atoms with Gasteiger partial charge in [-0.25, -0.2) is 9.78 Å². The highest BCUT2D eigenvalue weighted by molar-refractivity contribution is 7.09. The highest BCUT2D eigenvalue weighted by Gasteiger charge is 2.32. The molecule has 2 atom stereocenters. The topological polar surface area (TPSA) is 126 Å². The summed E-state index contributed by atoms with van der Waals surface area (Å²) < 4.78 is 5.21. The first-order valence-electron chi connectivity index (χ1n) is 10.9. The third-order valence-corrected chi connectivity index (χ3v) is 6.27. The normalized spacial score (nSPS) is 17.5. The fourth-order valence-corrected chi connectivity index (χ4v) is 4.30. The summed E-state index contributed by atoms with van der Waals surface area (Å²) >= 11 is 1.50. The minimum atomic E-state index is -0.977. The van der Waals surface area contributed by atoms with Crippen molar-refractivity contribution in [2.24, 2.45) is 5.92 Å². The summed E-state index contributed by atoms with van der Waals surface area (Å²) in [5, 5.41) is 7.81. The number of hydrogen-bond acceptors (Lipinski definition) is 7. The smallest absolute Gasteiger partial charge is 0.408 e. The van der Waals surface area contributed by atoms with Crippen LogP contribution in [0, 0.1) is 5.92 Å². The number of alkyl carbamates (subject to hydrolysis) is 1. The number of amides is 3. The number of ketones is 1. The molecule has 3 amide bonds. The van der Waals surface area contributed by atoms with Crippen LogP contribution in [-0.2, 0) is 38.7 Å². The Bertz CT molecular complexity index is 992. The van der Waals surface area contributed by atoms with Crippen molar-refractivity contribution < 1.29 is 23.9 Å². The molecule has 0 fully saturated rings. The van der Waals surface area contributed by atoms with Crippen LogP contribution in [0.1, 0.15) is 42.8 Å². The van der Waals surface area contributed by atoms with Gasteiger partial charge in [-0.05, 0) is 30.7 Å². The number of hydrogen-bond donors (Lipinski definition) is 3. The molecule has 10 heteroatoms. The zero-order valence-electron chi connectivity index (χ0n) is 18.6. The lowest BCUT2D eigenvalue weighted by atomic mass is 9.99. The Morgan fingerprint density at radius 2 is 2.00 bits per heavy atom. The van der Waals surface area contributed by atoms with Crippen molar-refractivity contribution in [1.29, 1.82) is 0 Å². The Kier molecular flexibility index (Phi) is 8.53. The average molecular weight is 473 g/mol. The molecule has 3 N–H and O–H groups in total. The minimum absolute atomic E-state index is 0.0694. The number of Topliss-reactive ketones (excluding diaryl/α,β-unsaturated/α-hetero) is 1. The third kappa shape index (κ3) is 6.85. The van der Waals surface area contributed by atoms with Gasteiger partial charge in [-0.3, -0.25) is 14.4 Å². The molecule has 2 aromatic rings. The number of aryl methyl sites for hydroxylation is 1. The quantitative estimate of drug-likeness (QED) is 0.553. The van der Waals surface area contributed by atoms with E-state index in [1.54, 1.807) is 19.4 Å². The summed E-state index contributed by atoms with van der Waals surface area (Å²) in [6.07, 6.45) is 0.879. The average Bonchev–Trinajstić information content (AvgIpc) is 3.25. The fraction of sp³-hybridized carbons (Fsp3) is 0.435. The van der Waals surface area contributed by atoms with E-state index in [0.29, 0.717) is 19.3 Å². The van der Waals surface area contributed by atoms with E-state index in [1.807, 2.05) is 30.3 Å². The molecule has 9 nitrogen and oxygen atoms in total. The summed E-state index contributed by atoms with van der Waals surface area (Å²) in [5.41, 5.74) is 3.30. The monoisotopic (exact) mass is 472 g/mol. The van der Waals surface area contributed by atoms with Gasteiger partial charge < -0.3 is 20.7 Å². The summed E-state index contributed by atoms with van der Waals surface area (Å²) in [6.45, 7) is 3.79. The molecule has 1 aliphatic rings. The van der Waals surface area contributed by atoms with Crippen LogP contribution in [0.5, 0.6) is 0 Å². The summed E-state index contributed by atoms with van der Waals surface area (Å²) in [6, 6.07) is 7.28. The lowest BCUT2D eigenvalue weighted by molar-refractivity contribution is -0.140. The Labute approximate surface area is 196 Å². The molecule has 0 radical (unpaired) electrons. The summed E-state index contributed by atoms with van der Waals surface area (Å²) in [5.74, 6) is -2.28. The van der Waals surface area contributed by atoms with Crippen molar-refractivity contribution in [3.05, 3.63) is 52.0 Å². The number of aromatic nitrogens is 1. The number of carbonyl (C=O) groups excluding carboxylic acids is 4. The second kappa shape index (κ2) is 11.6. The van der Waals surface area contributed by atoms with Crippen molar-refractivity contribution in [3.63, 3.8) is 0 Å². The lowest BCUT2D eigenvalue weighted by Gasteiger charge is -2.25. The van der Waals surface area contributed by atoms with Crippen LogP contribution in [0.4, 0.5) is 4.79 Å². The molecule has 0 saturated heterocycles. The first-order valence-corrected chi connectivity index (χ1v) is 11.7.